The first-order valence-electron chi connectivity index (χ1n) is 19.6. The normalized spacial score (nSPS) is 12.4. The molecule has 3 nitrogen and oxygen atoms in total. The summed E-state index contributed by atoms with van der Waals surface area (Å²) >= 11 is 3.59. The molecule has 9 aromatic rings. The van der Waals surface area contributed by atoms with Crippen molar-refractivity contribution in [2.75, 3.05) is 17.4 Å². The molecule has 274 valence electrons. The zero-order valence-corrected chi connectivity index (χ0v) is 34.0. The van der Waals surface area contributed by atoms with Gasteiger partial charge in [-0.1, -0.05) is 91.0 Å². The van der Waals surface area contributed by atoms with Crippen LogP contribution in [0.3, 0.4) is 0 Å². The summed E-state index contributed by atoms with van der Waals surface area (Å²) in [6, 6.07) is 62.2. The van der Waals surface area contributed by atoms with Gasteiger partial charge in [0.2, 0.25) is 0 Å². The van der Waals surface area contributed by atoms with Gasteiger partial charge >= 0.3 is 6.85 Å². The third kappa shape index (κ3) is 5.24. The first-order chi connectivity index (χ1) is 28.5. The molecule has 0 amide bonds. The average Bonchev–Trinajstić information content (AvgIpc) is 3.61. The minimum Gasteiger partial charge on any atom is -0.375 e. The van der Waals surface area contributed by atoms with Crippen LogP contribution in [0.2, 0.25) is 0 Å². The molecule has 6 heteroatoms. The van der Waals surface area contributed by atoms with E-state index in [1.165, 1.54) is 70.3 Å². The van der Waals surface area contributed by atoms with Crippen LogP contribution in [0.4, 0.5) is 17.1 Å². The van der Waals surface area contributed by atoms with Gasteiger partial charge in [0, 0.05) is 54.2 Å². The van der Waals surface area contributed by atoms with E-state index in [1.54, 1.807) is 23.5 Å². The zero-order valence-electron chi connectivity index (χ0n) is 32.3. The van der Waals surface area contributed by atoms with E-state index in [0.29, 0.717) is 5.56 Å². The van der Waals surface area contributed by atoms with Gasteiger partial charge in [0.15, 0.2) is 0 Å². The molecule has 1 aromatic heterocycles. The van der Waals surface area contributed by atoms with E-state index >= 15 is 0 Å². The number of fused-ring (bicyclic) bond motifs is 7. The van der Waals surface area contributed by atoms with Crippen LogP contribution < -0.4 is 15.8 Å². The van der Waals surface area contributed by atoms with Gasteiger partial charge in [-0.2, -0.15) is 5.26 Å². The second kappa shape index (κ2) is 13.6. The lowest BCUT2D eigenvalue weighted by Crippen LogP contribution is -2.56. The van der Waals surface area contributed by atoms with Crippen LogP contribution in [0.1, 0.15) is 11.1 Å². The summed E-state index contributed by atoms with van der Waals surface area (Å²) in [6.45, 7) is 2.23. The van der Waals surface area contributed by atoms with Crippen molar-refractivity contribution in [2.45, 2.75) is 16.7 Å². The van der Waals surface area contributed by atoms with Crippen molar-refractivity contribution < 1.29 is 0 Å². The monoisotopic (exact) mass is 777 g/mol. The first kappa shape index (κ1) is 34.8. The average molecular weight is 778 g/mol. The number of hydrogen-bond acceptors (Lipinski definition) is 4. The van der Waals surface area contributed by atoms with Crippen molar-refractivity contribution in [1.82, 2.24) is 4.48 Å². The summed E-state index contributed by atoms with van der Waals surface area (Å²) in [5.74, 6) is 0. The number of rotatable bonds is 6. The molecule has 0 N–H and O–H groups in total. The Labute approximate surface area is 347 Å². The summed E-state index contributed by atoms with van der Waals surface area (Å²) in [4.78, 5) is 5.02. The highest BCUT2D eigenvalue weighted by Gasteiger charge is 2.44. The van der Waals surface area contributed by atoms with E-state index in [2.05, 4.69) is 180 Å². The summed E-state index contributed by atoms with van der Waals surface area (Å²) < 4.78 is 2.64. The third-order valence-corrected chi connectivity index (χ3v) is 13.6. The van der Waals surface area contributed by atoms with Gasteiger partial charge in [-0.05, 0) is 148 Å². The Bertz CT molecular complexity index is 3120. The molecule has 0 radical (unpaired) electrons. The maximum atomic E-state index is 10.1. The molecule has 11 rings (SSSR count). The van der Waals surface area contributed by atoms with Crippen molar-refractivity contribution in [3.05, 3.63) is 175 Å². The smallest absolute Gasteiger partial charge is 0.333 e. The fraction of sp³-hybridized carbons (Fsp3) is 0.0577. The molecule has 2 aliphatic rings. The van der Waals surface area contributed by atoms with E-state index in [-0.39, 0.29) is 6.85 Å². The first-order valence-corrected chi connectivity index (χ1v) is 22.0. The van der Waals surface area contributed by atoms with Crippen molar-refractivity contribution >= 4 is 80.2 Å². The largest absolute Gasteiger partial charge is 0.375 e. The van der Waals surface area contributed by atoms with Crippen molar-refractivity contribution in [3.8, 4) is 50.6 Å². The van der Waals surface area contributed by atoms with Crippen LogP contribution in [-0.4, -0.2) is 23.8 Å². The van der Waals surface area contributed by atoms with E-state index in [9.17, 15) is 5.26 Å². The molecule has 0 unspecified atom stereocenters. The van der Waals surface area contributed by atoms with Gasteiger partial charge in [0.05, 0.1) is 11.6 Å². The number of nitrogens with zero attached hydrogens (tertiary/aromatic N) is 3. The van der Waals surface area contributed by atoms with Gasteiger partial charge in [-0.15, -0.1) is 23.5 Å². The summed E-state index contributed by atoms with van der Waals surface area (Å²) in [7, 11) is 0. The van der Waals surface area contributed by atoms with Gasteiger partial charge in [0.25, 0.3) is 0 Å². The van der Waals surface area contributed by atoms with Gasteiger partial charge < -0.3 is 9.38 Å². The number of benzene rings is 8. The third-order valence-electron chi connectivity index (χ3n) is 12.1. The fourth-order valence-corrected chi connectivity index (χ4v) is 10.5. The number of thioether (sulfide) groups is 2. The maximum absolute atomic E-state index is 10.1. The maximum Gasteiger partial charge on any atom is 0.333 e. The Balaban J connectivity index is 1.30. The van der Waals surface area contributed by atoms with E-state index in [1.807, 2.05) is 18.2 Å². The lowest BCUT2D eigenvalue weighted by Gasteiger charge is -2.41. The Kier molecular flexibility index (Phi) is 8.18. The number of hydrogen-bond donors (Lipinski definition) is 0. The topological polar surface area (TPSA) is 32.0 Å². The molecule has 0 atom stereocenters. The molecule has 0 saturated carbocycles. The second-order valence-electron chi connectivity index (χ2n) is 15.2. The quantitative estimate of drug-likeness (QED) is 0.124. The van der Waals surface area contributed by atoms with Crippen LogP contribution in [0.5, 0.6) is 0 Å². The minimum absolute atomic E-state index is 0.0608. The number of anilines is 3. The number of para-hydroxylation sites is 1. The van der Waals surface area contributed by atoms with Crippen molar-refractivity contribution in [3.63, 3.8) is 0 Å². The molecule has 0 aliphatic carbocycles. The second-order valence-corrected chi connectivity index (χ2v) is 16.9. The minimum atomic E-state index is -0.0608. The van der Waals surface area contributed by atoms with Gasteiger partial charge in [0.1, 0.15) is 0 Å². The highest BCUT2D eigenvalue weighted by Crippen LogP contribution is 2.50. The molecule has 8 aromatic carbocycles. The molecule has 3 heterocycles. The predicted octanol–water partition coefficient (Wildman–Crippen LogP) is 12.8. The fourth-order valence-electron chi connectivity index (χ4n) is 9.58. The molecular formula is C52H36BN3S2. The molecule has 58 heavy (non-hydrogen) atoms. The van der Waals surface area contributed by atoms with Crippen LogP contribution in [0, 0.1) is 18.3 Å². The van der Waals surface area contributed by atoms with E-state index < -0.39 is 0 Å². The van der Waals surface area contributed by atoms with Gasteiger partial charge in [-0.25, -0.2) is 0 Å². The van der Waals surface area contributed by atoms with Crippen LogP contribution in [-0.2, 0) is 0 Å². The van der Waals surface area contributed by atoms with E-state index in [4.69, 9.17) is 0 Å². The Morgan fingerprint density at radius 1 is 0.552 bits per heavy atom. The summed E-state index contributed by atoms with van der Waals surface area (Å²) in [5, 5.41) is 12.6. The van der Waals surface area contributed by atoms with Crippen molar-refractivity contribution in [1.29, 1.82) is 5.26 Å². The molecular weight excluding hydrogens is 742 g/mol. The number of nitriles is 1. The van der Waals surface area contributed by atoms with Crippen LogP contribution in [0.25, 0.3) is 66.3 Å². The SMILES string of the molecule is CSc1ccc2c(c1)c1cc(SC)cc3c1n2B1c2ccccc2N(c2cc(-c4ccccc4)cc(-c4ccccc4)c2)c2cc(-c4cccc(C#N)c4)c(C)c-3c21. The Morgan fingerprint density at radius 2 is 1.22 bits per heavy atom. The molecule has 0 bridgehead atoms. The standard InChI is InChI=1S/C52H36BN3S2/c1-32-42(36-18-12-13-33(23-36)31-54)30-49-51-50(32)45-29-41(58-3)28-44-43-27-40(57-2)21-22-47(43)56(52(44)45)53(51)46-19-10-11-20-48(46)55(49)39-25-37(34-14-6-4-7-15-34)24-38(26-39)35-16-8-5-9-17-35/h4-30H,1-3H3. The Hall–Kier alpha value is -6.39. The lowest BCUT2D eigenvalue weighted by atomic mass is 9.44. The molecule has 0 fully saturated rings. The van der Waals surface area contributed by atoms with E-state index in [0.717, 1.165) is 39.3 Å². The summed E-state index contributed by atoms with van der Waals surface area (Å²) in [5.41, 5.74) is 19.8. The van der Waals surface area contributed by atoms with Crippen LogP contribution >= 0.6 is 23.5 Å². The number of aromatic nitrogens is 1. The highest BCUT2D eigenvalue weighted by atomic mass is 32.2. The zero-order chi connectivity index (χ0) is 39.1. The predicted molar refractivity (Wildman–Crippen MR) is 249 cm³/mol. The Morgan fingerprint density at radius 3 is 1.93 bits per heavy atom. The molecule has 0 spiro atoms. The van der Waals surface area contributed by atoms with Gasteiger partial charge in [-0.3, -0.25) is 0 Å². The molecule has 0 saturated heterocycles. The summed E-state index contributed by atoms with van der Waals surface area (Å²) in [6.07, 6.45) is 4.34. The van der Waals surface area contributed by atoms with Crippen LogP contribution in [0.15, 0.2) is 174 Å². The molecule has 2 aliphatic heterocycles. The van der Waals surface area contributed by atoms with Crippen molar-refractivity contribution in [2.24, 2.45) is 0 Å². The lowest BCUT2D eigenvalue weighted by molar-refractivity contribution is 1.24. The highest BCUT2D eigenvalue weighted by molar-refractivity contribution is 7.98.